The highest BCUT2D eigenvalue weighted by Crippen LogP contribution is 2.25. The summed E-state index contributed by atoms with van der Waals surface area (Å²) < 4.78 is 56.6. The van der Waals surface area contributed by atoms with Gasteiger partial charge >= 0.3 is 10.2 Å². The van der Waals surface area contributed by atoms with Crippen LogP contribution >= 0.6 is 0 Å². The van der Waals surface area contributed by atoms with Crippen molar-refractivity contribution in [3.63, 3.8) is 0 Å². The van der Waals surface area contributed by atoms with E-state index >= 15 is 0 Å². The number of anilines is 1. The largest absolute Gasteiger partial charge is 0.398 e. The molecule has 0 heterocycles. The summed E-state index contributed by atoms with van der Waals surface area (Å²) in [6.45, 7) is 0. The molecule has 2 N–H and O–H groups in total. The topological polar surface area (TPSA) is 137 Å². The van der Waals surface area contributed by atoms with Crippen molar-refractivity contribution in [2.24, 2.45) is 0 Å². The second kappa shape index (κ2) is 5.71. The van der Waals surface area contributed by atoms with Crippen LogP contribution in [0.1, 0.15) is 6.42 Å². The Bertz CT molecular complexity index is 729. The molecule has 0 radical (unpaired) electrons. The maximum atomic E-state index is 12.3. The van der Waals surface area contributed by atoms with Crippen LogP contribution in [0.4, 0.5) is 15.3 Å². The second-order valence-electron chi connectivity index (χ2n) is 3.89. The SMILES string of the molecule is Nc1ccc([N+](=O)[O-])cc1S(=O)(=O)CCCS(=O)(=O)F. The molecule has 0 fully saturated rings. The highest BCUT2D eigenvalue weighted by molar-refractivity contribution is 7.91. The molecular formula is C9H11FN2O6S2. The minimum absolute atomic E-state index is 0.196. The smallest absolute Gasteiger partial charge is 0.302 e. The summed E-state index contributed by atoms with van der Waals surface area (Å²) in [4.78, 5) is 9.32. The molecule has 0 bridgehead atoms. The van der Waals surface area contributed by atoms with Crippen LogP contribution in [0.25, 0.3) is 0 Å². The molecule has 0 aliphatic rings. The van der Waals surface area contributed by atoms with Crippen molar-refractivity contribution in [1.82, 2.24) is 0 Å². The Kier molecular flexibility index (Phi) is 4.65. The third kappa shape index (κ3) is 4.42. The fourth-order valence-electron chi connectivity index (χ4n) is 1.44. The Morgan fingerprint density at radius 1 is 1.20 bits per heavy atom. The molecular weight excluding hydrogens is 315 g/mol. The van der Waals surface area contributed by atoms with Crippen LogP contribution in [0, 0.1) is 10.1 Å². The van der Waals surface area contributed by atoms with Crippen LogP contribution in [0.5, 0.6) is 0 Å². The normalized spacial score (nSPS) is 12.2. The average molecular weight is 326 g/mol. The minimum atomic E-state index is -4.76. The van der Waals surface area contributed by atoms with E-state index in [1.807, 2.05) is 0 Å². The molecule has 0 saturated heterocycles. The Morgan fingerprint density at radius 2 is 1.80 bits per heavy atom. The number of rotatable bonds is 6. The van der Waals surface area contributed by atoms with Crippen LogP contribution in [0.2, 0.25) is 0 Å². The molecule has 8 nitrogen and oxygen atoms in total. The standard InChI is InChI=1S/C9H11FN2O6S2/c10-20(17,18)5-1-4-19(15,16)9-6-7(12(13)14)2-3-8(9)11/h2-3,6H,1,4-5,11H2. The molecule has 0 saturated carbocycles. The van der Waals surface area contributed by atoms with Crippen molar-refractivity contribution < 1.29 is 25.6 Å². The van der Waals surface area contributed by atoms with Gasteiger partial charge in [0.2, 0.25) is 0 Å². The van der Waals surface area contributed by atoms with Crippen molar-refractivity contribution in [3.8, 4) is 0 Å². The van der Waals surface area contributed by atoms with E-state index in [-0.39, 0.29) is 5.69 Å². The fraction of sp³-hybridized carbons (Fsp3) is 0.333. The van der Waals surface area contributed by atoms with Gasteiger partial charge in [0.05, 0.1) is 27.0 Å². The zero-order valence-corrected chi connectivity index (χ0v) is 11.7. The van der Waals surface area contributed by atoms with E-state index in [4.69, 9.17) is 5.73 Å². The lowest BCUT2D eigenvalue weighted by atomic mass is 10.3. The number of nitrogens with zero attached hydrogens (tertiary/aromatic N) is 1. The molecule has 0 aliphatic heterocycles. The molecule has 112 valence electrons. The number of hydrogen-bond acceptors (Lipinski definition) is 7. The van der Waals surface area contributed by atoms with Crippen LogP contribution in [0.15, 0.2) is 23.1 Å². The highest BCUT2D eigenvalue weighted by atomic mass is 32.3. The summed E-state index contributed by atoms with van der Waals surface area (Å²) in [6.07, 6.45) is -0.469. The first kappa shape index (κ1) is 16.3. The molecule has 1 aromatic rings. The van der Waals surface area contributed by atoms with E-state index in [2.05, 4.69) is 0 Å². The van der Waals surface area contributed by atoms with Gasteiger partial charge in [-0.25, -0.2) is 8.42 Å². The molecule has 11 heteroatoms. The maximum absolute atomic E-state index is 12.3. The monoisotopic (exact) mass is 326 g/mol. The number of nitro groups is 1. The van der Waals surface area contributed by atoms with E-state index in [9.17, 15) is 30.8 Å². The van der Waals surface area contributed by atoms with Gasteiger partial charge in [-0.1, -0.05) is 0 Å². The first-order valence-electron chi connectivity index (χ1n) is 5.22. The molecule has 1 aromatic carbocycles. The van der Waals surface area contributed by atoms with Crippen LogP contribution in [-0.4, -0.2) is 33.3 Å². The summed E-state index contributed by atoms with van der Waals surface area (Å²) >= 11 is 0. The Balaban J connectivity index is 3.03. The molecule has 0 unspecified atom stereocenters. The van der Waals surface area contributed by atoms with Gasteiger partial charge in [-0.05, 0) is 12.5 Å². The number of nitrogen functional groups attached to an aromatic ring is 1. The lowest BCUT2D eigenvalue weighted by Crippen LogP contribution is -2.12. The van der Waals surface area contributed by atoms with Crippen LogP contribution in [-0.2, 0) is 20.1 Å². The predicted octanol–water partition coefficient (Wildman–Crippen LogP) is 0.640. The minimum Gasteiger partial charge on any atom is -0.398 e. The van der Waals surface area contributed by atoms with Gasteiger partial charge in [0.1, 0.15) is 0 Å². The number of benzene rings is 1. The zero-order valence-electron chi connectivity index (χ0n) is 10.0. The highest BCUT2D eigenvalue weighted by Gasteiger charge is 2.22. The Morgan fingerprint density at radius 3 is 2.30 bits per heavy atom. The van der Waals surface area contributed by atoms with Crippen molar-refractivity contribution in [3.05, 3.63) is 28.3 Å². The quantitative estimate of drug-likeness (QED) is 0.350. The van der Waals surface area contributed by atoms with Gasteiger partial charge in [0, 0.05) is 12.1 Å². The summed E-state index contributed by atoms with van der Waals surface area (Å²) in [7, 11) is -8.79. The Hall–Kier alpha value is -1.75. The lowest BCUT2D eigenvalue weighted by molar-refractivity contribution is -0.385. The second-order valence-corrected chi connectivity index (χ2v) is 7.46. The van der Waals surface area contributed by atoms with Gasteiger partial charge in [0.25, 0.3) is 5.69 Å². The van der Waals surface area contributed by atoms with Gasteiger partial charge in [0.15, 0.2) is 9.84 Å². The molecule has 0 spiro atoms. The van der Waals surface area contributed by atoms with Crippen molar-refractivity contribution in [2.45, 2.75) is 11.3 Å². The summed E-state index contributed by atoms with van der Waals surface area (Å²) in [5.41, 5.74) is 4.78. The van der Waals surface area contributed by atoms with E-state index in [1.165, 1.54) is 0 Å². The third-order valence-corrected chi connectivity index (χ3v) is 4.97. The Labute approximate surface area is 114 Å². The number of nitro benzene ring substituents is 1. The summed E-state index contributed by atoms with van der Waals surface area (Å²) in [6, 6.07) is 2.89. The summed E-state index contributed by atoms with van der Waals surface area (Å²) in [5.74, 6) is -1.62. The number of halogens is 1. The van der Waals surface area contributed by atoms with Gasteiger partial charge in [-0.2, -0.15) is 8.42 Å². The molecule has 0 aliphatic carbocycles. The van der Waals surface area contributed by atoms with E-state index in [0.29, 0.717) is 0 Å². The number of non-ortho nitro benzene ring substituents is 1. The average Bonchev–Trinajstić information content (AvgIpc) is 2.26. The predicted molar refractivity (Wildman–Crippen MR) is 69.1 cm³/mol. The van der Waals surface area contributed by atoms with Crippen molar-refractivity contribution in [2.75, 3.05) is 17.2 Å². The molecule has 0 aromatic heterocycles. The van der Waals surface area contributed by atoms with Gasteiger partial charge in [-0.3, -0.25) is 10.1 Å². The molecule has 0 amide bonds. The van der Waals surface area contributed by atoms with E-state index in [1.54, 1.807) is 0 Å². The summed E-state index contributed by atoms with van der Waals surface area (Å²) in [5, 5.41) is 10.6. The molecule has 0 atom stereocenters. The lowest BCUT2D eigenvalue weighted by Gasteiger charge is -2.06. The van der Waals surface area contributed by atoms with Crippen molar-refractivity contribution >= 4 is 31.4 Å². The number of sulfone groups is 1. The number of nitrogens with two attached hydrogens (primary N) is 1. The maximum Gasteiger partial charge on any atom is 0.302 e. The van der Waals surface area contributed by atoms with Crippen LogP contribution in [0.3, 0.4) is 0 Å². The molecule has 1 rings (SSSR count). The van der Waals surface area contributed by atoms with Gasteiger partial charge in [-0.15, -0.1) is 3.89 Å². The molecule has 20 heavy (non-hydrogen) atoms. The zero-order chi connectivity index (χ0) is 15.6. The van der Waals surface area contributed by atoms with Crippen LogP contribution < -0.4 is 5.73 Å². The van der Waals surface area contributed by atoms with E-state index in [0.717, 1.165) is 18.2 Å². The third-order valence-electron chi connectivity index (χ3n) is 2.34. The van der Waals surface area contributed by atoms with Crippen molar-refractivity contribution in [1.29, 1.82) is 0 Å². The van der Waals surface area contributed by atoms with E-state index < -0.39 is 53.5 Å². The first-order valence-corrected chi connectivity index (χ1v) is 8.42. The number of hydrogen-bond donors (Lipinski definition) is 1. The fourth-order valence-corrected chi connectivity index (χ4v) is 3.58. The first-order chi connectivity index (χ1) is 9.03. The van der Waals surface area contributed by atoms with Gasteiger partial charge < -0.3 is 5.73 Å².